The molecule has 0 radical (unpaired) electrons. The Kier molecular flexibility index (Phi) is 7.36. The molecule has 2 aromatic carbocycles. The number of anilines is 1. The summed E-state index contributed by atoms with van der Waals surface area (Å²) in [6.45, 7) is 3.99. The molecule has 0 aromatic heterocycles. The highest BCUT2D eigenvalue weighted by molar-refractivity contribution is 14.0. The number of rotatable bonds is 4. The van der Waals surface area contributed by atoms with E-state index in [1.165, 1.54) is 5.56 Å². The molecule has 134 valence electrons. The van der Waals surface area contributed by atoms with Crippen molar-refractivity contribution in [2.24, 2.45) is 10.7 Å². The SMILES string of the molecule is CCc1ccc(NC(N)=NCc2ccc3c(c2)OCCCO3)cc1.I. The second-order valence-electron chi connectivity index (χ2n) is 5.71. The first-order chi connectivity index (χ1) is 11.7. The first-order valence-corrected chi connectivity index (χ1v) is 8.29. The van der Waals surface area contributed by atoms with E-state index in [1.54, 1.807) is 0 Å². The van der Waals surface area contributed by atoms with Gasteiger partial charge in [0.2, 0.25) is 0 Å². The monoisotopic (exact) mass is 453 g/mol. The molecule has 0 amide bonds. The summed E-state index contributed by atoms with van der Waals surface area (Å²) >= 11 is 0. The molecule has 0 atom stereocenters. The van der Waals surface area contributed by atoms with Gasteiger partial charge in [-0.3, -0.25) is 0 Å². The molecule has 0 saturated carbocycles. The standard InChI is InChI=1S/C19H23N3O2.HI/c1-2-14-4-7-16(8-5-14)22-19(20)21-13-15-6-9-17-18(12-15)24-11-3-10-23-17;/h4-9,12H,2-3,10-11,13H2,1H3,(H3,20,21,22);1H. The van der Waals surface area contributed by atoms with Gasteiger partial charge in [0, 0.05) is 12.1 Å². The molecule has 2 aromatic rings. The Hall–Kier alpha value is -1.96. The number of fused-ring (bicyclic) bond motifs is 1. The third-order valence-corrected chi connectivity index (χ3v) is 3.88. The summed E-state index contributed by atoms with van der Waals surface area (Å²) in [5, 5.41) is 3.11. The summed E-state index contributed by atoms with van der Waals surface area (Å²) < 4.78 is 11.3. The lowest BCUT2D eigenvalue weighted by atomic mass is 10.1. The van der Waals surface area contributed by atoms with Crippen LogP contribution in [0.25, 0.3) is 0 Å². The van der Waals surface area contributed by atoms with E-state index in [0.717, 1.165) is 35.6 Å². The average molecular weight is 453 g/mol. The van der Waals surface area contributed by atoms with E-state index in [1.807, 2.05) is 30.3 Å². The highest BCUT2D eigenvalue weighted by atomic mass is 127. The molecule has 0 aliphatic carbocycles. The van der Waals surface area contributed by atoms with Crippen LogP contribution in [0.15, 0.2) is 47.5 Å². The lowest BCUT2D eigenvalue weighted by Crippen LogP contribution is -2.22. The van der Waals surface area contributed by atoms with Crippen LogP contribution >= 0.6 is 24.0 Å². The fraction of sp³-hybridized carbons (Fsp3) is 0.316. The lowest BCUT2D eigenvalue weighted by Gasteiger charge is -2.09. The number of aliphatic imine (C=N–C) groups is 1. The van der Waals surface area contributed by atoms with E-state index in [9.17, 15) is 0 Å². The van der Waals surface area contributed by atoms with Crippen LogP contribution in [0, 0.1) is 0 Å². The Balaban J connectivity index is 0.00000225. The maximum Gasteiger partial charge on any atom is 0.193 e. The Morgan fingerprint density at radius 1 is 1.04 bits per heavy atom. The van der Waals surface area contributed by atoms with Gasteiger partial charge >= 0.3 is 0 Å². The van der Waals surface area contributed by atoms with E-state index in [-0.39, 0.29) is 24.0 Å². The van der Waals surface area contributed by atoms with E-state index < -0.39 is 0 Å². The third-order valence-electron chi connectivity index (χ3n) is 3.88. The average Bonchev–Trinajstić information content (AvgIpc) is 2.85. The van der Waals surface area contributed by atoms with Crippen molar-refractivity contribution in [3.63, 3.8) is 0 Å². The highest BCUT2D eigenvalue weighted by Crippen LogP contribution is 2.30. The number of hydrogen-bond donors (Lipinski definition) is 2. The third kappa shape index (κ3) is 5.52. The van der Waals surface area contributed by atoms with Gasteiger partial charge in [0.25, 0.3) is 0 Å². The van der Waals surface area contributed by atoms with Gasteiger partial charge in [0.1, 0.15) is 0 Å². The second kappa shape index (κ2) is 9.50. The number of ether oxygens (including phenoxy) is 2. The first-order valence-electron chi connectivity index (χ1n) is 8.29. The topological polar surface area (TPSA) is 68.9 Å². The molecule has 3 rings (SSSR count). The van der Waals surface area contributed by atoms with Gasteiger partial charge in [0.05, 0.1) is 19.8 Å². The van der Waals surface area contributed by atoms with Crippen molar-refractivity contribution in [2.45, 2.75) is 26.3 Å². The molecule has 6 heteroatoms. The molecule has 0 unspecified atom stereocenters. The summed E-state index contributed by atoms with van der Waals surface area (Å²) in [4.78, 5) is 4.39. The van der Waals surface area contributed by atoms with Crippen molar-refractivity contribution in [1.29, 1.82) is 0 Å². The highest BCUT2D eigenvalue weighted by Gasteiger charge is 2.10. The molecular weight excluding hydrogens is 429 g/mol. The van der Waals surface area contributed by atoms with Gasteiger partial charge in [-0.2, -0.15) is 0 Å². The van der Waals surface area contributed by atoms with Gasteiger partial charge < -0.3 is 20.5 Å². The van der Waals surface area contributed by atoms with Crippen molar-refractivity contribution >= 4 is 35.6 Å². The minimum absolute atomic E-state index is 0. The van der Waals surface area contributed by atoms with E-state index in [2.05, 4.69) is 29.4 Å². The summed E-state index contributed by atoms with van der Waals surface area (Å²) in [5.74, 6) is 1.97. The molecule has 1 aliphatic heterocycles. The molecule has 5 nitrogen and oxygen atoms in total. The lowest BCUT2D eigenvalue weighted by molar-refractivity contribution is 0.297. The molecule has 0 fully saturated rings. The number of nitrogens with zero attached hydrogens (tertiary/aromatic N) is 1. The number of guanidine groups is 1. The van der Waals surface area contributed by atoms with Crippen molar-refractivity contribution in [1.82, 2.24) is 0 Å². The zero-order valence-corrected chi connectivity index (χ0v) is 16.7. The van der Waals surface area contributed by atoms with Crippen LogP contribution < -0.4 is 20.5 Å². The summed E-state index contributed by atoms with van der Waals surface area (Å²) in [6, 6.07) is 14.1. The second-order valence-corrected chi connectivity index (χ2v) is 5.71. The number of nitrogens with one attached hydrogen (secondary N) is 1. The number of aryl methyl sites for hydroxylation is 1. The number of halogens is 1. The van der Waals surface area contributed by atoms with Crippen LogP contribution in [0.1, 0.15) is 24.5 Å². The molecule has 0 spiro atoms. The van der Waals surface area contributed by atoms with Crippen LogP contribution in [0.4, 0.5) is 5.69 Å². The summed E-state index contributed by atoms with van der Waals surface area (Å²) in [7, 11) is 0. The predicted molar refractivity (Wildman–Crippen MR) is 112 cm³/mol. The predicted octanol–water partition coefficient (Wildman–Crippen LogP) is 3.96. The fourth-order valence-electron chi connectivity index (χ4n) is 2.49. The van der Waals surface area contributed by atoms with Crippen LogP contribution in [-0.4, -0.2) is 19.2 Å². The minimum Gasteiger partial charge on any atom is -0.490 e. The summed E-state index contributed by atoms with van der Waals surface area (Å²) in [5.41, 5.74) is 9.23. The Bertz CT molecular complexity index is 717. The van der Waals surface area contributed by atoms with E-state index in [4.69, 9.17) is 15.2 Å². The van der Waals surface area contributed by atoms with Gasteiger partial charge in [0.15, 0.2) is 17.5 Å². The quantitative estimate of drug-likeness (QED) is 0.418. The largest absolute Gasteiger partial charge is 0.490 e. The van der Waals surface area contributed by atoms with Crippen LogP contribution in [-0.2, 0) is 13.0 Å². The molecule has 0 saturated heterocycles. The number of nitrogens with two attached hydrogens (primary N) is 1. The van der Waals surface area contributed by atoms with Crippen LogP contribution in [0.3, 0.4) is 0 Å². The molecule has 1 heterocycles. The maximum absolute atomic E-state index is 5.97. The van der Waals surface area contributed by atoms with Crippen LogP contribution in [0.2, 0.25) is 0 Å². The molecule has 3 N–H and O–H groups in total. The van der Waals surface area contributed by atoms with Crippen LogP contribution in [0.5, 0.6) is 11.5 Å². The minimum atomic E-state index is 0. The van der Waals surface area contributed by atoms with Crippen molar-refractivity contribution in [2.75, 3.05) is 18.5 Å². The number of hydrogen-bond acceptors (Lipinski definition) is 3. The summed E-state index contributed by atoms with van der Waals surface area (Å²) in [6.07, 6.45) is 1.92. The maximum atomic E-state index is 5.97. The van der Waals surface area contributed by atoms with Gasteiger partial charge in [-0.25, -0.2) is 4.99 Å². The molecule has 1 aliphatic rings. The number of benzene rings is 2. The smallest absolute Gasteiger partial charge is 0.193 e. The fourth-order valence-corrected chi connectivity index (χ4v) is 2.49. The van der Waals surface area contributed by atoms with E-state index >= 15 is 0 Å². The molecule has 0 bridgehead atoms. The van der Waals surface area contributed by atoms with E-state index in [0.29, 0.717) is 25.7 Å². The van der Waals surface area contributed by atoms with Gasteiger partial charge in [-0.05, 0) is 41.8 Å². The first kappa shape index (κ1) is 19.4. The normalized spacial score (nSPS) is 13.6. The van der Waals surface area contributed by atoms with Crippen molar-refractivity contribution < 1.29 is 9.47 Å². The Morgan fingerprint density at radius 3 is 2.44 bits per heavy atom. The zero-order valence-electron chi connectivity index (χ0n) is 14.3. The Morgan fingerprint density at radius 2 is 1.72 bits per heavy atom. The Labute approximate surface area is 165 Å². The zero-order chi connectivity index (χ0) is 16.8. The van der Waals surface area contributed by atoms with Crippen molar-refractivity contribution in [3.8, 4) is 11.5 Å². The van der Waals surface area contributed by atoms with Gasteiger partial charge in [-0.1, -0.05) is 25.1 Å². The van der Waals surface area contributed by atoms with Crippen molar-refractivity contribution in [3.05, 3.63) is 53.6 Å². The molecular formula is C19H24IN3O2. The van der Waals surface area contributed by atoms with Gasteiger partial charge in [-0.15, -0.1) is 24.0 Å². The molecule has 25 heavy (non-hydrogen) atoms.